The van der Waals surface area contributed by atoms with E-state index in [1.807, 2.05) is 0 Å². The average Bonchev–Trinajstić information content (AvgIpc) is 2.39. The predicted molar refractivity (Wildman–Crippen MR) is 69.3 cm³/mol. The van der Waals surface area contributed by atoms with Crippen LogP contribution in [0.2, 0.25) is 0 Å². The summed E-state index contributed by atoms with van der Waals surface area (Å²) in [6, 6.07) is 3.09. The van der Waals surface area contributed by atoms with Crippen LogP contribution in [0, 0.1) is 0 Å². The molecule has 6 heteroatoms. The van der Waals surface area contributed by atoms with Crippen LogP contribution in [0.5, 0.6) is 0 Å². The summed E-state index contributed by atoms with van der Waals surface area (Å²) in [5.41, 5.74) is 4.65. The molecule has 0 fully saturated rings. The van der Waals surface area contributed by atoms with Gasteiger partial charge in [0.1, 0.15) is 0 Å². The third kappa shape index (κ3) is 3.01. The fraction of sp³-hybridized carbons (Fsp3) is 0.462. The number of anilines is 1. The molecular formula is C13H18N2O4. The maximum atomic E-state index is 12.1. The van der Waals surface area contributed by atoms with Gasteiger partial charge < -0.3 is 15.2 Å². The minimum absolute atomic E-state index is 0.169. The molecule has 0 aliphatic carbocycles. The topological polar surface area (TPSA) is 91.5 Å². The lowest BCUT2D eigenvalue weighted by atomic mass is 9.86. The summed E-state index contributed by atoms with van der Waals surface area (Å²) in [4.78, 5) is 28.2. The lowest BCUT2D eigenvalue weighted by molar-refractivity contribution is -0.164. The van der Waals surface area contributed by atoms with Crippen LogP contribution < -0.4 is 5.73 Å². The van der Waals surface area contributed by atoms with Crippen molar-refractivity contribution in [2.45, 2.75) is 26.2 Å². The number of nitrogens with two attached hydrogens (primary N) is 1. The largest absolute Gasteiger partial charge is 0.465 e. The third-order valence-corrected chi connectivity index (χ3v) is 2.67. The Morgan fingerprint density at radius 1 is 1.21 bits per heavy atom. The molecule has 0 amide bonds. The van der Waals surface area contributed by atoms with Gasteiger partial charge >= 0.3 is 11.9 Å². The number of carbonyl (C=O) groups is 2. The van der Waals surface area contributed by atoms with Crippen molar-refractivity contribution in [3.05, 3.63) is 24.0 Å². The van der Waals surface area contributed by atoms with Gasteiger partial charge in [-0.15, -0.1) is 0 Å². The van der Waals surface area contributed by atoms with Gasteiger partial charge in [-0.05, 0) is 32.9 Å². The standard InChI is InChI=1S/C13H18N2O4/c1-4-18-11(16)13(3,12(17)19-5-2)10-7-6-9(14)8-15-10/h6-8H,4-5,14H2,1-3H3. The van der Waals surface area contributed by atoms with E-state index in [0.717, 1.165) is 0 Å². The highest BCUT2D eigenvalue weighted by Crippen LogP contribution is 2.26. The van der Waals surface area contributed by atoms with E-state index in [4.69, 9.17) is 15.2 Å². The van der Waals surface area contributed by atoms with Gasteiger partial charge in [0, 0.05) is 0 Å². The highest BCUT2D eigenvalue weighted by atomic mass is 16.6. The van der Waals surface area contributed by atoms with Crippen LogP contribution in [0.15, 0.2) is 18.3 Å². The first-order valence-corrected chi connectivity index (χ1v) is 6.03. The molecule has 1 aromatic heterocycles. The van der Waals surface area contributed by atoms with Gasteiger partial charge in [0.15, 0.2) is 0 Å². The zero-order valence-electron chi connectivity index (χ0n) is 11.3. The second-order valence-electron chi connectivity index (χ2n) is 4.04. The summed E-state index contributed by atoms with van der Waals surface area (Å²) in [7, 11) is 0. The molecule has 19 heavy (non-hydrogen) atoms. The summed E-state index contributed by atoms with van der Waals surface area (Å²) in [6.07, 6.45) is 1.38. The summed E-state index contributed by atoms with van der Waals surface area (Å²) >= 11 is 0. The fourth-order valence-corrected chi connectivity index (χ4v) is 1.54. The van der Waals surface area contributed by atoms with Crippen LogP contribution in [0.25, 0.3) is 0 Å². The van der Waals surface area contributed by atoms with Crippen molar-refractivity contribution in [3.8, 4) is 0 Å². The van der Waals surface area contributed by atoms with E-state index in [9.17, 15) is 9.59 Å². The SMILES string of the molecule is CCOC(=O)C(C)(C(=O)OCC)c1ccc(N)cn1. The van der Waals surface area contributed by atoms with Crippen LogP contribution >= 0.6 is 0 Å². The molecular weight excluding hydrogens is 248 g/mol. The van der Waals surface area contributed by atoms with Gasteiger partial charge in [0.2, 0.25) is 5.41 Å². The Hall–Kier alpha value is -2.11. The van der Waals surface area contributed by atoms with Crippen LogP contribution in [0.3, 0.4) is 0 Å². The van der Waals surface area contributed by atoms with Crippen LogP contribution in [-0.4, -0.2) is 30.1 Å². The Bertz CT molecular complexity index is 438. The Morgan fingerprint density at radius 3 is 2.11 bits per heavy atom. The monoisotopic (exact) mass is 266 g/mol. The minimum Gasteiger partial charge on any atom is -0.465 e. The number of hydrogen-bond donors (Lipinski definition) is 1. The Kier molecular flexibility index (Phi) is 4.86. The molecule has 1 heterocycles. The molecule has 0 aliphatic heterocycles. The Morgan fingerprint density at radius 2 is 1.74 bits per heavy atom. The molecule has 0 bridgehead atoms. The minimum atomic E-state index is -1.58. The Labute approximate surface area is 111 Å². The van der Waals surface area contributed by atoms with Crippen molar-refractivity contribution in [2.75, 3.05) is 18.9 Å². The molecule has 0 aromatic carbocycles. The van der Waals surface area contributed by atoms with Gasteiger partial charge in [-0.1, -0.05) is 0 Å². The Balaban J connectivity index is 3.21. The lowest BCUT2D eigenvalue weighted by Crippen LogP contribution is -2.44. The summed E-state index contributed by atoms with van der Waals surface area (Å²) in [5, 5.41) is 0. The number of nitrogens with zero attached hydrogens (tertiary/aromatic N) is 1. The summed E-state index contributed by atoms with van der Waals surface area (Å²) in [5.74, 6) is -1.38. The summed E-state index contributed by atoms with van der Waals surface area (Å²) in [6.45, 7) is 5.10. The molecule has 0 atom stereocenters. The van der Waals surface area contributed by atoms with Gasteiger partial charge in [0.25, 0.3) is 0 Å². The number of nitrogen functional groups attached to an aromatic ring is 1. The second kappa shape index (κ2) is 6.17. The molecule has 0 aliphatic rings. The smallest absolute Gasteiger partial charge is 0.329 e. The first kappa shape index (κ1) is 14.9. The molecule has 0 saturated carbocycles. The van der Waals surface area contributed by atoms with Crippen molar-refractivity contribution < 1.29 is 19.1 Å². The van der Waals surface area contributed by atoms with E-state index in [1.54, 1.807) is 19.9 Å². The molecule has 0 radical (unpaired) electrons. The number of esters is 2. The molecule has 1 rings (SSSR count). The molecule has 2 N–H and O–H groups in total. The molecule has 104 valence electrons. The van der Waals surface area contributed by atoms with Crippen LogP contribution in [-0.2, 0) is 24.5 Å². The van der Waals surface area contributed by atoms with Crippen molar-refractivity contribution in [2.24, 2.45) is 0 Å². The predicted octanol–water partition coefficient (Wildman–Crippen LogP) is 1.05. The third-order valence-electron chi connectivity index (χ3n) is 2.67. The van der Waals surface area contributed by atoms with Gasteiger partial charge in [-0.2, -0.15) is 0 Å². The number of ether oxygens (including phenoxy) is 2. The van der Waals surface area contributed by atoms with Gasteiger partial charge in [-0.25, -0.2) is 0 Å². The molecule has 1 aromatic rings. The van der Waals surface area contributed by atoms with E-state index >= 15 is 0 Å². The maximum absolute atomic E-state index is 12.1. The van der Waals surface area contributed by atoms with Crippen molar-refractivity contribution in [3.63, 3.8) is 0 Å². The first-order chi connectivity index (χ1) is 8.96. The van der Waals surface area contributed by atoms with Crippen molar-refractivity contribution in [1.29, 1.82) is 0 Å². The quantitative estimate of drug-likeness (QED) is 0.632. The highest BCUT2D eigenvalue weighted by molar-refractivity contribution is 6.05. The fourth-order valence-electron chi connectivity index (χ4n) is 1.54. The maximum Gasteiger partial charge on any atom is 0.329 e. The van der Waals surface area contributed by atoms with Crippen LogP contribution in [0.1, 0.15) is 26.5 Å². The molecule has 0 saturated heterocycles. The normalized spacial score (nSPS) is 10.9. The number of rotatable bonds is 5. The van der Waals surface area contributed by atoms with E-state index in [2.05, 4.69) is 4.98 Å². The lowest BCUT2D eigenvalue weighted by Gasteiger charge is -2.24. The first-order valence-electron chi connectivity index (χ1n) is 6.03. The van der Waals surface area contributed by atoms with Crippen molar-refractivity contribution >= 4 is 17.6 Å². The zero-order chi connectivity index (χ0) is 14.5. The highest BCUT2D eigenvalue weighted by Gasteiger charge is 2.47. The molecule has 6 nitrogen and oxygen atoms in total. The number of aromatic nitrogens is 1. The number of hydrogen-bond acceptors (Lipinski definition) is 6. The van der Waals surface area contributed by atoms with E-state index in [0.29, 0.717) is 5.69 Å². The van der Waals surface area contributed by atoms with Crippen LogP contribution in [0.4, 0.5) is 5.69 Å². The number of pyridine rings is 1. The molecule has 0 spiro atoms. The molecule has 0 unspecified atom stereocenters. The second-order valence-corrected chi connectivity index (χ2v) is 4.04. The van der Waals surface area contributed by atoms with Gasteiger partial charge in [0.05, 0.1) is 30.8 Å². The van der Waals surface area contributed by atoms with E-state index in [1.165, 1.54) is 19.2 Å². The van der Waals surface area contributed by atoms with E-state index < -0.39 is 17.4 Å². The summed E-state index contributed by atoms with van der Waals surface area (Å²) < 4.78 is 9.90. The van der Waals surface area contributed by atoms with Gasteiger partial charge in [-0.3, -0.25) is 14.6 Å². The zero-order valence-corrected chi connectivity index (χ0v) is 11.3. The van der Waals surface area contributed by atoms with Crippen molar-refractivity contribution in [1.82, 2.24) is 4.98 Å². The average molecular weight is 266 g/mol. The van der Waals surface area contributed by atoms with E-state index in [-0.39, 0.29) is 18.9 Å². The number of carbonyl (C=O) groups excluding carboxylic acids is 2.